The molecule has 46 heavy (non-hydrogen) atoms. The van der Waals surface area contributed by atoms with E-state index in [1.807, 2.05) is 25.1 Å². The van der Waals surface area contributed by atoms with E-state index in [4.69, 9.17) is 16.3 Å². The van der Waals surface area contributed by atoms with Crippen LogP contribution < -0.4 is 14.4 Å². The number of aryl methyl sites for hydroxylation is 1. The summed E-state index contributed by atoms with van der Waals surface area (Å²) < 4.78 is 23.2. The van der Waals surface area contributed by atoms with Crippen LogP contribution >= 0.6 is 11.6 Å². The van der Waals surface area contributed by atoms with Crippen molar-refractivity contribution in [1.29, 1.82) is 0 Å². The molecule has 1 amide bonds. The number of unbranched alkanes of at least 4 members (excludes halogenated alkanes) is 1. The Morgan fingerprint density at radius 1 is 1.11 bits per heavy atom. The molecule has 2 aromatic carbocycles. The third-order valence-electron chi connectivity index (χ3n) is 11.8. The van der Waals surface area contributed by atoms with Gasteiger partial charge in [0, 0.05) is 40.9 Å². The lowest BCUT2D eigenvalue weighted by molar-refractivity contribution is -0.0954. The van der Waals surface area contributed by atoms with Crippen LogP contribution in [-0.4, -0.2) is 63.4 Å². The summed E-state index contributed by atoms with van der Waals surface area (Å²) in [6.45, 7) is 6.10. The van der Waals surface area contributed by atoms with Crippen LogP contribution in [0.4, 0.5) is 5.69 Å². The van der Waals surface area contributed by atoms with E-state index in [0.29, 0.717) is 31.4 Å². The van der Waals surface area contributed by atoms with Crippen molar-refractivity contribution in [2.75, 3.05) is 31.2 Å². The van der Waals surface area contributed by atoms with E-state index in [0.717, 1.165) is 80.9 Å². The minimum absolute atomic E-state index is 0.0532. The molecule has 1 saturated carbocycles. The van der Waals surface area contributed by atoms with E-state index >= 15 is 0 Å². The Morgan fingerprint density at radius 2 is 1.93 bits per heavy atom. The lowest BCUT2D eigenvalue weighted by atomic mass is 9.61. The number of nitrogens with zero attached hydrogens (tertiary/aromatic N) is 1. The van der Waals surface area contributed by atoms with Gasteiger partial charge in [-0.1, -0.05) is 31.0 Å². The monoisotopic (exact) mass is 670 g/mol. The maximum atomic E-state index is 13.8. The summed E-state index contributed by atoms with van der Waals surface area (Å²) in [5.41, 5.74) is 2.79. The zero-order valence-corrected chi connectivity index (χ0v) is 29.0. The van der Waals surface area contributed by atoms with E-state index in [-0.39, 0.29) is 40.9 Å². The molecule has 6 rings (SSSR count). The second-order valence-electron chi connectivity index (χ2n) is 14.7. The zero-order valence-electron chi connectivity index (χ0n) is 27.4. The number of amides is 1. The predicted molar refractivity (Wildman–Crippen MR) is 188 cm³/mol. The van der Waals surface area contributed by atoms with Crippen molar-refractivity contribution in [1.82, 2.24) is 4.72 Å². The molecular weight excluding hydrogens is 620 g/mol. The Kier molecular flexibility index (Phi) is 9.75. The van der Waals surface area contributed by atoms with Crippen LogP contribution in [-0.2, 0) is 21.5 Å². The predicted octanol–water partition coefficient (Wildman–Crippen LogP) is 6.30. The van der Waals surface area contributed by atoms with Crippen molar-refractivity contribution in [2.24, 2.45) is 17.8 Å². The highest BCUT2D eigenvalue weighted by Crippen LogP contribution is 2.50. The summed E-state index contributed by atoms with van der Waals surface area (Å²) >= 11 is 6.45. The van der Waals surface area contributed by atoms with Gasteiger partial charge in [0.15, 0.2) is 0 Å². The second kappa shape index (κ2) is 13.3. The zero-order chi connectivity index (χ0) is 32.7. The van der Waals surface area contributed by atoms with Gasteiger partial charge in [0.05, 0.1) is 27.6 Å². The summed E-state index contributed by atoms with van der Waals surface area (Å²) in [5, 5.41) is 22.3. The largest absolute Gasteiger partial charge is 0.490 e. The topological polar surface area (TPSA) is 99.1 Å². The van der Waals surface area contributed by atoms with Crippen LogP contribution in [0.5, 0.6) is 5.75 Å². The first-order chi connectivity index (χ1) is 21.9. The Balaban J connectivity index is 1.42. The number of fused-ring (bicyclic) bond motifs is 4. The summed E-state index contributed by atoms with van der Waals surface area (Å²) in [5.74, 6) is 4.85. The highest BCUT2D eigenvalue weighted by molar-refractivity contribution is 7.99. The lowest BCUT2D eigenvalue weighted by Crippen LogP contribution is -2.53. The van der Waals surface area contributed by atoms with Gasteiger partial charge < -0.3 is 19.8 Å². The number of hydrogen-bond donors (Lipinski definition) is 3. The van der Waals surface area contributed by atoms with E-state index in [2.05, 4.69) is 34.5 Å². The fourth-order valence-corrected chi connectivity index (χ4v) is 10.4. The molecule has 1 spiro atoms. The van der Waals surface area contributed by atoms with Gasteiger partial charge in [0.1, 0.15) is 5.75 Å². The fraction of sp³-hybridized carbons (Fsp3) is 0.622. The molecule has 4 aliphatic rings. The van der Waals surface area contributed by atoms with E-state index < -0.39 is 15.3 Å². The van der Waals surface area contributed by atoms with E-state index in [9.17, 15) is 19.2 Å². The van der Waals surface area contributed by atoms with Gasteiger partial charge >= 0.3 is 0 Å². The number of rotatable bonds is 4. The van der Waals surface area contributed by atoms with E-state index in [1.54, 1.807) is 6.07 Å². The summed E-state index contributed by atoms with van der Waals surface area (Å²) in [7, 11) is -2.94. The molecule has 2 aliphatic carbocycles. The molecule has 7 nitrogen and oxygen atoms in total. The van der Waals surface area contributed by atoms with Crippen LogP contribution in [0.15, 0.2) is 36.4 Å². The molecule has 2 aromatic rings. The minimum atomic E-state index is -2.94. The number of anilines is 1. The molecule has 2 bridgehead atoms. The average Bonchev–Trinajstić information content (AvgIpc) is 3.15. The summed E-state index contributed by atoms with van der Waals surface area (Å²) in [6.07, 6.45) is 9.43. The van der Waals surface area contributed by atoms with Gasteiger partial charge in [-0.15, -0.1) is 0 Å². The molecule has 7 atom stereocenters. The second-order valence-corrected chi connectivity index (χ2v) is 17.6. The van der Waals surface area contributed by atoms with Gasteiger partial charge in [-0.25, -0.2) is 4.21 Å². The van der Waals surface area contributed by atoms with Crippen LogP contribution in [0, 0.1) is 17.8 Å². The van der Waals surface area contributed by atoms with Crippen LogP contribution in [0.1, 0.15) is 99.5 Å². The first-order valence-corrected chi connectivity index (χ1v) is 19.4. The number of aliphatic hydroxyl groups is 2. The number of halogens is 1. The molecule has 1 unspecified atom stereocenters. The molecule has 252 valence electrons. The highest BCUT2D eigenvalue weighted by atomic mass is 35.5. The maximum absolute atomic E-state index is 13.8. The van der Waals surface area contributed by atoms with Crippen LogP contribution in [0.2, 0.25) is 5.02 Å². The lowest BCUT2D eigenvalue weighted by Gasteiger charge is -2.50. The number of carbonyl (C=O) groups excluding carboxylic acids is 1. The highest BCUT2D eigenvalue weighted by Gasteiger charge is 2.48. The Morgan fingerprint density at radius 3 is 2.70 bits per heavy atom. The molecular formula is C37H51ClN2O5S. The van der Waals surface area contributed by atoms with Crippen molar-refractivity contribution in [3.8, 4) is 5.75 Å². The molecule has 2 heterocycles. The summed E-state index contributed by atoms with van der Waals surface area (Å²) in [6, 6.07) is 11.8. The Hall–Kier alpha value is -2.26. The quantitative estimate of drug-likeness (QED) is 0.261. The molecule has 1 fully saturated rings. The van der Waals surface area contributed by atoms with E-state index in [1.165, 1.54) is 11.1 Å². The van der Waals surface area contributed by atoms with Gasteiger partial charge in [0.2, 0.25) is 0 Å². The van der Waals surface area contributed by atoms with Crippen LogP contribution in [0.3, 0.4) is 0 Å². The maximum Gasteiger partial charge on any atom is 0.262 e. The van der Waals surface area contributed by atoms with Crippen molar-refractivity contribution in [3.63, 3.8) is 0 Å². The minimum Gasteiger partial charge on any atom is -0.490 e. The molecule has 2 aliphatic heterocycles. The van der Waals surface area contributed by atoms with Gasteiger partial charge in [0.25, 0.3) is 5.91 Å². The molecule has 0 saturated heterocycles. The fourth-order valence-electron chi connectivity index (χ4n) is 8.72. The Labute approximate surface area is 280 Å². The normalized spacial score (nSPS) is 34.8. The first kappa shape index (κ1) is 33.6. The van der Waals surface area contributed by atoms with Gasteiger partial charge in [-0.3, -0.25) is 9.52 Å². The van der Waals surface area contributed by atoms with Crippen molar-refractivity contribution >= 4 is 38.8 Å². The third kappa shape index (κ3) is 6.56. The standard InChI is InChI=1S/C37H51ClN2O5S/c1-25-8-6-18-37(43,17-4-5-19-41)32-13-10-29(32)22-40-23-36(16-7-9-27-20-30(38)12-14-31(27)36)24-45-34-15-11-28(21-33(34)40)35(42)39-46(3,44)26(25)2/h11-12,14-15,20-21,25-26,29,32,41,43H,3-10,13,16-19,22-24H2,1-2H3,(H,39,42,44)/t25-,26+,29-,32+,36-,37-,46?/m0/s1. The number of aliphatic hydroxyl groups excluding tert-OH is 1. The van der Waals surface area contributed by atoms with Gasteiger partial charge in [-0.05, 0) is 136 Å². The van der Waals surface area contributed by atoms with Gasteiger partial charge in [-0.2, -0.15) is 0 Å². The number of carbonyl (C=O) groups is 1. The molecule has 9 heteroatoms. The molecule has 0 radical (unpaired) electrons. The number of benzene rings is 2. The number of nitrogens with one attached hydrogen (secondary N) is 1. The summed E-state index contributed by atoms with van der Waals surface area (Å²) in [4.78, 5) is 16.0. The van der Waals surface area contributed by atoms with Crippen LogP contribution in [0.25, 0.3) is 0 Å². The van der Waals surface area contributed by atoms with Crippen molar-refractivity contribution in [2.45, 2.75) is 101 Å². The van der Waals surface area contributed by atoms with Crippen molar-refractivity contribution in [3.05, 3.63) is 58.1 Å². The first-order valence-electron chi connectivity index (χ1n) is 17.3. The molecule has 0 aromatic heterocycles. The smallest absolute Gasteiger partial charge is 0.262 e. The SMILES string of the molecule is C=S1(=O)NC(=O)c2ccc3c(c2)N(C[C@@H]2CC[C@H]2[C@](O)(CCCCO)CCC[C@H](C)[C@H]1C)C[C@@]1(CCCc2cc(Cl)ccc21)CO3. The molecule has 3 N–H and O–H groups in total. The van der Waals surface area contributed by atoms with Crippen molar-refractivity contribution < 1.29 is 24.0 Å². The number of ether oxygens (including phenoxy) is 1. The third-order valence-corrected chi connectivity index (χ3v) is 14.2. The number of hydrogen-bond acceptors (Lipinski definition) is 6. The average molecular weight is 671 g/mol. The Bertz CT molecular complexity index is 1550.